The molecule has 0 saturated heterocycles. The maximum atomic E-state index is 13.2. The first-order valence-corrected chi connectivity index (χ1v) is 7.40. The third kappa shape index (κ3) is 3.08. The molecule has 1 N–H and O–H groups in total. The van der Waals surface area contributed by atoms with E-state index in [1.807, 2.05) is 6.92 Å². The van der Waals surface area contributed by atoms with Gasteiger partial charge in [-0.3, -0.25) is 4.72 Å². The van der Waals surface area contributed by atoms with Crippen LogP contribution in [-0.4, -0.2) is 8.42 Å². The fourth-order valence-electron chi connectivity index (χ4n) is 1.55. The lowest BCUT2D eigenvalue weighted by Crippen LogP contribution is -2.13. The molecule has 106 valence electrons. The van der Waals surface area contributed by atoms with E-state index in [9.17, 15) is 17.2 Å². The molecule has 7 heteroatoms. The molecule has 2 rings (SSSR count). The topological polar surface area (TPSA) is 46.2 Å². The second-order valence-corrected chi connectivity index (χ2v) is 6.26. The Balaban J connectivity index is 2.36. The summed E-state index contributed by atoms with van der Waals surface area (Å²) in [5.41, 5.74) is 0.759. The minimum atomic E-state index is -3.87. The number of nitrogens with one attached hydrogen (secondary N) is 1. The second-order valence-electron chi connectivity index (χ2n) is 4.17. The first-order chi connectivity index (χ1) is 9.29. The van der Waals surface area contributed by atoms with Crippen LogP contribution in [0.15, 0.2) is 41.3 Å². The minimum absolute atomic E-state index is 0.0176. The van der Waals surface area contributed by atoms with Crippen LogP contribution < -0.4 is 4.72 Å². The SMILES string of the molecule is Cc1ccc(S(=O)(=O)Nc2cc(F)c(F)c(Cl)c2)cc1. The van der Waals surface area contributed by atoms with E-state index in [1.54, 1.807) is 12.1 Å². The zero-order valence-electron chi connectivity index (χ0n) is 10.3. The van der Waals surface area contributed by atoms with E-state index < -0.39 is 26.7 Å². The highest BCUT2D eigenvalue weighted by Gasteiger charge is 2.16. The van der Waals surface area contributed by atoms with Crippen molar-refractivity contribution in [1.82, 2.24) is 0 Å². The summed E-state index contributed by atoms with van der Waals surface area (Å²) >= 11 is 5.46. The predicted octanol–water partition coefficient (Wildman–Crippen LogP) is 3.73. The number of hydrogen-bond acceptors (Lipinski definition) is 2. The molecule has 0 aliphatic carbocycles. The number of halogens is 3. The quantitative estimate of drug-likeness (QED) is 0.877. The Hall–Kier alpha value is -1.66. The van der Waals surface area contributed by atoms with Crippen molar-refractivity contribution in [2.45, 2.75) is 11.8 Å². The molecule has 2 aromatic rings. The highest BCUT2D eigenvalue weighted by atomic mass is 35.5. The lowest BCUT2D eigenvalue weighted by atomic mass is 10.2. The van der Waals surface area contributed by atoms with Gasteiger partial charge in [-0.05, 0) is 25.1 Å². The van der Waals surface area contributed by atoms with Gasteiger partial charge in [-0.25, -0.2) is 17.2 Å². The Morgan fingerprint density at radius 3 is 2.25 bits per heavy atom. The first-order valence-electron chi connectivity index (χ1n) is 5.53. The van der Waals surface area contributed by atoms with Crippen molar-refractivity contribution in [3.63, 3.8) is 0 Å². The van der Waals surface area contributed by atoms with Crippen LogP contribution >= 0.6 is 11.6 Å². The lowest BCUT2D eigenvalue weighted by Gasteiger charge is -2.09. The number of sulfonamides is 1. The number of rotatable bonds is 3. The molecule has 2 aromatic carbocycles. The van der Waals surface area contributed by atoms with Gasteiger partial charge < -0.3 is 0 Å². The average Bonchev–Trinajstić information content (AvgIpc) is 2.36. The summed E-state index contributed by atoms with van der Waals surface area (Å²) < 4.78 is 52.4. The molecule has 0 aromatic heterocycles. The molecule has 0 fully saturated rings. The fourth-order valence-corrected chi connectivity index (χ4v) is 2.79. The predicted molar refractivity (Wildman–Crippen MR) is 73.4 cm³/mol. The van der Waals surface area contributed by atoms with E-state index in [4.69, 9.17) is 11.6 Å². The van der Waals surface area contributed by atoms with E-state index >= 15 is 0 Å². The summed E-state index contributed by atoms with van der Waals surface area (Å²) in [5, 5.41) is -0.494. The van der Waals surface area contributed by atoms with Crippen molar-refractivity contribution in [3.05, 3.63) is 58.6 Å². The van der Waals surface area contributed by atoms with E-state index in [1.165, 1.54) is 12.1 Å². The van der Waals surface area contributed by atoms with Gasteiger partial charge in [0.15, 0.2) is 11.6 Å². The Morgan fingerprint density at radius 2 is 1.70 bits per heavy atom. The van der Waals surface area contributed by atoms with Gasteiger partial charge in [0.2, 0.25) is 0 Å². The fraction of sp³-hybridized carbons (Fsp3) is 0.0769. The van der Waals surface area contributed by atoms with Gasteiger partial charge in [-0.1, -0.05) is 29.3 Å². The van der Waals surface area contributed by atoms with Gasteiger partial charge in [0.25, 0.3) is 10.0 Å². The largest absolute Gasteiger partial charge is 0.279 e. The van der Waals surface area contributed by atoms with Crippen LogP contribution in [0.1, 0.15) is 5.56 Å². The molecule has 3 nitrogen and oxygen atoms in total. The molecular weight excluding hydrogens is 308 g/mol. The third-order valence-electron chi connectivity index (χ3n) is 2.57. The number of anilines is 1. The zero-order valence-corrected chi connectivity index (χ0v) is 11.9. The molecule has 20 heavy (non-hydrogen) atoms. The van der Waals surface area contributed by atoms with Gasteiger partial charge in [-0.15, -0.1) is 0 Å². The van der Waals surface area contributed by atoms with Gasteiger partial charge in [0, 0.05) is 6.07 Å². The summed E-state index contributed by atoms with van der Waals surface area (Å²) in [6.45, 7) is 1.82. The Morgan fingerprint density at radius 1 is 1.10 bits per heavy atom. The normalized spacial score (nSPS) is 11.4. The molecule has 0 radical (unpaired) electrons. The molecule has 0 saturated carbocycles. The standard InChI is InChI=1S/C13H10ClF2NO2S/c1-8-2-4-10(5-3-8)20(18,19)17-9-6-11(14)13(16)12(15)7-9/h2-7,17H,1H3. The van der Waals surface area contributed by atoms with Crippen LogP contribution in [-0.2, 0) is 10.0 Å². The maximum absolute atomic E-state index is 13.2. The van der Waals surface area contributed by atoms with Crippen LogP contribution in [0.3, 0.4) is 0 Å². The van der Waals surface area contributed by atoms with Crippen molar-refractivity contribution >= 4 is 27.3 Å². The summed E-state index contributed by atoms with van der Waals surface area (Å²) in [6.07, 6.45) is 0. The van der Waals surface area contributed by atoms with Gasteiger partial charge in [0.1, 0.15) is 0 Å². The Bertz CT molecular complexity index is 722. The van der Waals surface area contributed by atoms with Crippen molar-refractivity contribution in [2.75, 3.05) is 4.72 Å². The van der Waals surface area contributed by atoms with Crippen molar-refractivity contribution in [3.8, 4) is 0 Å². The molecule has 0 aliphatic heterocycles. The lowest BCUT2D eigenvalue weighted by molar-refractivity contribution is 0.509. The first kappa shape index (κ1) is 14.7. The smallest absolute Gasteiger partial charge is 0.261 e. The van der Waals surface area contributed by atoms with Crippen molar-refractivity contribution in [1.29, 1.82) is 0 Å². The van der Waals surface area contributed by atoms with Crippen LogP contribution in [0.2, 0.25) is 5.02 Å². The van der Waals surface area contributed by atoms with Gasteiger partial charge in [0.05, 0.1) is 15.6 Å². The van der Waals surface area contributed by atoms with Crippen LogP contribution in [0.25, 0.3) is 0 Å². The number of aryl methyl sites for hydroxylation is 1. The molecule has 0 atom stereocenters. The highest BCUT2D eigenvalue weighted by Crippen LogP contribution is 2.24. The van der Waals surface area contributed by atoms with Crippen LogP contribution in [0, 0.1) is 18.6 Å². The zero-order chi connectivity index (χ0) is 14.9. The monoisotopic (exact) mass is 317 g/mol. The van der Waals surface area contributed by atoms with Crippen LogP contribution in [0.4, 0.5) is 14.5 Å². The third-order valence-corrected chi connectivity index (χ3v) is 4.24. The number of hydrogen-bond donors (Lipinski definition) is 1. The molecule has 0 heterocycles. The molecule has 0 spiro atoms. The summed E-state index contributed by atoms with van der Waals surface area (Å²) in [6, 6.07) is 7.83. The van der Waals surface area contributed by atoms with E-state index in [0.29, 0.717) is 0 Å². The van der Waals surface area contributed by atoms with E-state index in [-0.39, 0.29) is 10.6 Å². The maximum Gasteiger partial charge on any atom is 0.261 e. The van der Waals surface area contributed by atoms with E-state index in [0.717, 1.165) is 17.7 Å². The molecule has 0 bridgehead atoms. The summed E-state index contributed by atoms with van der Waals surface area (Å²) in [4.78, 5) is 0.0176. The van der Waals surface area contributed by atoms with Crippen LogP contribution in [0.5, 0.6) is 0 Å². The second kappa shape index (κ2) is 5.38. The molecule has 0 amide bonds. The van der Waals surface area contributed by atoms with Gasteiger partial charge >= 0.3 is 0 Å². The van der Waals surface area contributed by atoms with Crippen molar-refractivity contribution in [2.24, 2.45) is 0 Å². The van der Waals surface area contributed by atoms with Gasteiger partial charge in [-0.2, -0.15) is 0 Å². The average molecular weight is 318 g/mol. The number of benzene rings is 2. The highest BCUT2D eigenvalue weighted by molar-refractivity contribution is 7.92. The molecule has 0 unspecified atom stereocenters. The summed E-state index contributed by atoms with van der Waals surface area (Å²) in [5.74, 6) is -2.44. The Labute approximate surface area is 120 Å². The van der Waals surface area contributed by atoms with Crippen molar-refractivity contribution < 1.29 is 17.2 Å². The summed E-state index contributed by atoms with van der Waals surface area (Å²) in [7, 11) is -3.87. The Kier molecular flexibility index (Phi) is 3.96. The minimum Gasteiger partial charge on any atom is -0.279 e. The molecule has 0 aliphatic rings. The van der Waals surface area contributed by atoms with E-state index in [2.05, 4.69) is 4.72 Å². The molecular formula is C13H10ClF2NO2S.